The van der Waals surface area contributed by atoms with Crippen molar-refractivity contribution in [1.29, 1.82) is 0 Å². The molecule has 27 heavy (non-hydrogen) atoms. The lowest BCUT2D eigenvalue weighted by Crippen LogP contribution is -2.27. The van der Waals surface area contributed by atoms with Gasteiger partial charge >= 0.3 is 0 Å². The van der Waals surface area contributed by atoms with Crippen molar-refractivity contribution in [3.63, 3.8) is 0 Å². The Morgan fingerprint density at radius 1 is 1.22 bits per heavy atom. The van der Waals surface area contributed by atoms with Gasteiger partial charge in [-0.25, -0.2) is 23.0 Å². The highest BCUT2D eigenvalue weighted by molar-refractivity contribution is 9.10. The Morgan fingerprint density at radius 3 is 2.67 bits per heavy atom. The van der Waals surface area contributed by atoms with Crippen LogP contribution in [0.5, 0.6) is 5.88 Å². The SMILES string of the molecule is Cc1ccc(S(=O)(=O)Nc2ncc(Br)nc2OCc2ccc[n+](C)c2)cc1. The average molecular weight is 450 g/mol. The fraction of sp³-hybridized carbons (Fsp3) is 0.167. The van der Waals surface area contributed by atoms with Crippen molar-refractivity contribution in [2.75, 3.05) is 4.72 Å². The van der Waals surface area contributed by atoms with Gasteiger partial charge in [-0.15, -0.1) is 0 Å². The Kier molecular flexibility index (Phi) is 5.71. The van der Waals surface area contributed by atoms with Crippen LogP contribution >= 0.6 is 15.9 Å². The molecule has 0 saturated carbocycles. The van der Waals surface area contributed by atoms with Crippen molar-refractivity contribution < 1.29 is 17.7 Å². The number of hydrogen-bond acceptors (Lipinski definition) is 5. The first kappa shape index (κ1) is 19.2. The molecule has 0 radical (unpaired) electrons. The van der Waals surface area contributed by atoms with Crippen LogP contribution < -0.4 is 14.0 Å². The van der Waals surface area contributed by atoms with Gasteiger partial charge in [0.2, 0.25) is 5.82 Å². The second-order valence-corrected chi connectivity index (χ2v) is 8.43. The van der Waals surface area contributed by atoms with Crippen molar-refractivity contribution in [3.05, 3.63) is 70.7 Å². The first-order valence-corrected chi connectivity index (χ1v) is 10.3. The van der Waals surface area contributed by atoms with Gasteiger partial charge < -0.3 is 4.74 Å². The summed E-state index contributed by atoms with van der Waals surface area (Å²) in [5, 5.41) is 0. The molecule has 2 heterocycles. The number of rotatable bonds is 6. The van der Waals surface area contributed by atoms with Crippen LogP contribution in [-0.4, -0.2) is 18.4 Å². The number of halogens is 1. The summed E-state index contributed by atoms with van der Waals surface area (Å²) in [6, 6.07) is 10.3. The van der Waals surface area contributed by atoms with Crippen LogP contribution in [0.3, 0.4) is 0 Å². The molecule has 0 aliphatic carbocycles. The number of pyridine rings is 1. The number of nitrogens with one attached hydrogen (secondary N) is 1. The smallest absolute Gasteiger partial charge is 0.263 e. The maximum absolute atomic E-state index is 12.6. The van der Waals surface area contributed by atoms with Gasteiger partial charge in [0.15, 0.2) is 12.4 Å². The van der Waals surface area contributed by atoms with Gasteiger partial charge in [0, 0.05) is 6.07 Å². The van der Waals surface area contributed by atoms with Gasteiger partial charge in [0.1, 0.15) is 18.3 Å². The fourth-order valence-corrected chi connectivity index (χ4v) is 3.58. The summed E-state index contributed by atoms with van der Waals surface area (Å²) in [5.74, 6) is 0.116. The molecule has 140 valence electrons. The predicted octanol–water partition coefficient (Wildman–Crippen LogP) is 2.75. The third-order valence-electron chi connectivity index (χ3n) is 3.65. The predicted molar refractivity (Wildman–Crippen MR) is 104 cm³/mol. The molecule has 9 heteroatoms. The van der Waals surface area contributed by atoms with Crippen LogP contribution in [0.25, 0.3) is 0 Å². The lowest BCUT2D eigenvalue weighted by molar-refractivity contribution is -0.672. The van der Waals surface area contributed by atoms with Gasteiger partial charge in [-0.2, -0.15) is 0 Å². The molecule has 3 rings (SSSR count). The zero-order valence-electron chi connectivity index (χ0n) is 14.8. The van der Waals surface area contributed by atoms with Gasteiger partial charge in [-0.3, -0.25) is 4.72 Å². The van der Waals surface area contributed by atoms with Crippen molar-refractivity contribution in [2.24, 2.45) is 7.05 Å². The van der Waals surface area contributed by atoms with Crippen LogP contribution in [0.1, 0.15) is 11.1 Å². The Balaban J connectivity index is 1.84. The molecule has 0 spiro atoms. The third kappa shape index (κ3) is 5.01. The van der Waals surface area contributed by atoms with Gasteiger partial charge in [0.25, 0.3) is 15.9 Å². The van der Waals surface area contributed by atoms with E-state index >= 15 is 0 Å². The second kappa shape index (κ2) is 8.01. The van der Waals surface area contributed by atoms with E-state index in [9.17, 15) is 8.42 Å². The first-order chi connectivity index (χ1) is 12.8. The monoisotopic (exact) mass is 449 g/mol. The molecule has 3 aromatic rings. The van der Waals surface area contributed by atoms with Gasteiger partial charge in [-0.1, -0.05) is 17.7 Å². The summed E-state index contributed by atoms with van der Waals surface area (Å²) in [6.45, 7) is 2.11. The molecular weight excluding hydrogens is 432 g/mol. The second-order valence-electron chi connectivity index (χ2n) is 5.93. The zero-order chi connectivity index (χ0) is 19.4. The van der Waals surface area contributed by atoms with E-state index in [1.165, 1.54) is 18.3 Å². The number of aryl methyl sites for hydroxylation is 2. The Bertz CT molecular complexity index is 1060. The van der Waals surface area contributed by atoms with Crippen molar-refractivity contribution in [1.82, 2.24) is 9.97 Å². The quantitative estimate of drug-likeness (QED) is 0.584. The minimum absolute atomic E-state index is 0.0269. The molecule has 0 saturated heterocycles. The van der Waals surface area contributed by atoms with Crippen molar-refractivity contribution >= 4 is 31.8 Å². The normalized spacial score (nSPS) is 11.2. The molecule has 0 fully saturated rings. The third-order valence-corrected chi connectivity index (χ3v) is 5.39. The van der Waals surface area contributed by atoms with Gasteiger partial charge in [-0.05, 0) is 41.1 Å². The van der Waals surface area contributed by atoms with Crippen molar-refractivity contribution in [3.8, 4) is 5.88 Å². The number of ether oxygens (including phenoxy) is 1. The van der Waals surface area contributed by atoms with E-state index in [1.807, 2.05) is 43.1 Å². The van der Waals surface area contributed by atoms with E-state index in [1.54, 1.807) is 12.1 Å². The summed E-state index contributed by atoms with van der Waals surface area (Å²) in [4.78, 5) is 8.45. The largest absolute Gasteiger partial charge is 0.470 e. The van der Waals surface area contributed by atoms with E-state index in [-0.39, 0.29) is 23.2 Å². The minimum atomic E-state index is -3.81. The number of nitrogens with zero attached hydrogens (tertiary/aromatic N) is 3. The number of sulfonamides is 1. The molecule has 1 aromatic carbocycles. The van der Waals surface area contributed by atoms with E-state index < -0.39 is 10.0 Å². The van der Waals surface area contributed by atoms with Crippen molar-refractivity contribution in [2.45, 2.75) is 18.4 Å². The topological polar surface area (TPSA) is 85.1 Å². The molecule has 7 nitrogen and oxygen atoms in total. The van der Waals surface area contributed by atoms with Crippen LogP contribution in [0.4, 0.5) is 5.82 Å². The van der Waals surface area contributed by atoms with E-state index in [0.717, 1.165) is 11.1 Å². The molecule has 0 aliphatic heterocycles. The molecule has 0 aliphatic rings. The van der Waals surface area contributed by atoms with Crippen LogP contribution in [0.2, 0.25) is 0 Å². The van der Waals surface area contributed by atoms with Crippen LogP contribution in [-0.2, 0) is 23.7 Å². The number of hydrogen-bond donors (Lipinski definition) is 1. The number of aromatic nitrogens is 3. The molecule has 0 atom stereocenters. The van der Waals surface area contributed by atoms with E-state index in [0.29, 0.717) is 4.60 Å². The summed E-state index contributed by atoms with van der Waals surface area (Å²) in [6.07, 6.45) is 5.22. The fourth-order valence-electron chi connectivity index (χ4n) is 2.31. The average Bonchev–Trinajstić information content (AvgIpc) is 2.62. The highest BCUT2D eigenvalue weighted by Crippen LogP contribution is 2.25. The Morgan fingerprint density at radius 2 is 1.96 bits per heavy atom. The van der Waals surface area contributed by atoms with Gasteiger partial charge in [0.05, 0.1) is 16.7 Å². The molecule has 0 unspecified atom stereocenters. The summed E-state index contributed by atoms with van der Waals surface area (Å²) in [7, 11) is -1.90. The molecule has 1 N–H and O–H groups in total. The minimum Gasteiger partial charge on any atom is -0.470 e. The Hall–Kier alpha value is -2.52. The van der Waals surface area contributed by atoms with Crippen LogP contribution in [0.15, 0.2) is 64.5 Å². The maximum atomic E-state index is 12.6. The number of anilines is 1. The maximum Gasteiger partial charge on any atom is 0.263 e. The zero-order valence-corrected chi connectivity index (χ0v) is 17.2. The Labute approximate surface area is 166 Å². The highest BCUT2D eigenvalue weighted by Gasteiger charge is 2.19. The lowest BCUT2D eigenvalue weighted by Gasteiger charge is -2.12. The lowest BCUT2D eigenvalue weighted by atomic mass is 10.2. The molecule has 0 bridgehead atoms. The molecule has 0 amide bonds. The number of benzene rings is 1. The highest BCUT2D eigenvalue weighted by atomic mass is 79.9. The van der Waals surface area contributed by atoms with E-state index in [2.05, 4.69) is 30.6 Å². The van der Waals surface area contributed by atoms with Crippen LogP contribution in [0, 0.1) is 6.92 Å². The molecule has 2 aromatic heterocycles. The summed E-state index contributed by atoms with van der Waals surface area (Å²) < 4.78 is 35.7. The summed E-state index contributed by atoms with van der Waals surface area (Å²) >= 11 is 3.23. The summed E-state index contributed by atoms with van der Waals surface area (Å²) in [5.41, 5.74) is 1.88. The first-order valence-electron chi connectivity index (χ1n) is 8.02. The standard InChI is InChI=1S/C18H18BrN4O3S/c1-13-5-7-15(8-6-13)27(24,25)22-17-18(21-16(19)10-20-17)26-12-14-4-3-9-23(2)11-14/h3-11H,12H2,1-2H3,(H,20,22)/q+1. The van der Waals surface area contributed by atoms with E-state index in [4.69, 9.17) is 4.74 Å². The molecular formula is C18H18BrN4O3S+.